The highest BCUT2D eigenvalue weighted by Crippen LogP contribution is 2.43. The molecule has 2 aromatic carbocycles. The largest absolute Gasteiger partial charge is 0.384 e. The molecule has 5 rings (SSSR count). The molecule has 1 saturated heterocycles. The van der Waals surface area contributed by atoms with E-state index in [1.807, 2.05) is 11.3 Å². The van der Waals surface area contributed by atoms with Gasteiger partial charge in [0, 0.05) is 23.6 Å². The van der Waals surface area contributed by atoms with Gasteiger partial charge in [-0.3, -0.25) is 0 Å². The molecule has 0 aliphatic carbocycles. The van der Waals surface area contributed by atoms with Crippen LogP contribution in [-0.2, 0) is 4.74 Å². The number of fused-ring (bicyclic) bond motifs is 4. The van der Waals surface area contributed by atoms with Gasteiger partial charge in [0.1, 0.15) is 16.9 Å². The van der Waals surface area contributed by atoms with Crippen molar-refractivity contribution in [1.29, 1.82) is 0 Å². The highest BCUT2D eigenvalue weighted by Gasteiger charge is 2.30. The maximum Gasteiger partial charge on any atom is 0.140 e. The zero-order chi connectivity index (χ0) is 18.9. The molecule has 3 heterocycles. The third-order valence-corrected chi connectivity index (χ3v) is 6.63. The normalized spacial score (nSPS) is 18.8. The number of thiophene rings is 1. The van der Waals surface area contributed by atoms with Crippen molar-refractivity contribution >= 4 is 43.6 Å². The number of nitrogens with zero attached hydrogens (tertiary/aromatic N) is 2. The third-order valence-electron chi connectivity index (χ3n) is 5.54. The van der Waals surface area contributed by atoms with Gasteiger partial charge in [-0.15, -0.1) is 11.3 Å². The Kier molecular flexibility index (Phi) is 4.76. The molecule has 28 heavy (non-hydrogen) atoms. The molecular weight excluding hydrogens is 368 g/mol. The van der Waals surface area contributed by atoms with Gasteiger partial charge < -0.3 is 20.3 Å². The average Bonchev–Trinajstić information content (AvgIpc) is 3.00. The first-order chi connectivity index (χ1) is 13.8. The molecule has 0 bridgehead atoms. The van der Waals surface area contributed by atoms with Crippen LogP contribution < -0.4 is 10.6 Å². The second kappa shape index (κ2) is 7.54. The van der Waals surface area contributed by atoms with E-state index in [0.717, 1.165) is 49.9 Å². The Bertz CT molecular complexity index is 1030. The Hall–Kier alpha value is -2.41. The molecule has 1 atom stereocenters. The fourth-order valence-corrected chi connectivity index (χ4v) is 5.25. The van der Waals surface area contributed by atoms with Crippen LogP contribution in [0.2, 0.25) is 0 Å². The molecular formula is C22H25N4OS+. The summed E-state index contributed by atoms with van der Waals surface area (Å²) >= 11 is 1.81. The minimum Gasteiger partial charge on any atom is -0.384 e. The molecule has 0 saturated carbocycles. The van der Waals surface area contributed by atoms with Gasteiger partial charge in [0.15, 0.2) is 0 Å². The predicted octanol–water partition coefficient (Wildman–Crippen LogP) is 3.32. The maximum atomic E-state index is 5.32. The van der Waals surface area contributed by atoms with Crippen molar-refractivity contribution in [2.24, 2.45) is 4.99 Å². The standard InChI is InChI=1S/C22H24N4OS/c1-27-13-10-15-14-26(12-11-23-15)21-20-16-6-2-5-9-19(16)28-22(20)25-18-8-4-3-7-17(18)24-21/h2-9,15,23,25H,10-14H2,1H3/p+1/t15-/m0/s1. The number of hydrogen-bond acceptors (Lipinski definition) is 5. The number of quaternary nitrogens is 1. The number of hydrogen-bond donors (Lipinski definition) is 2. The lowest BCUT2D eigenvalue weighted by Gasteiger charge is -2.33. The lowest BCUT2D eigenvalue weighted by molar-refractivity contribution is -0.697. The third kappa shape index (κ3) is 3.17. The van der Waals surface area contributed by atoms with Gasteiger partial charge in [0.2, 0.25) is 0 Å². The van der Waals surface area contributed by atoms with Crippen LogP contribution in [0.1, 0.15) is 12.0 Å². The summed E-state index contributed by atoms with van der Waals surface area (Å²) < 4.78 is 6.61. The Morgan fingerprint density at radius 2 is 2.07 bits per heavy atom. The van der Waals surface area contributed by atoms with Crippen LogP contribution in [0.3, 0.4) is 0 Å². The Morgan fingerprint density at radius 3 is 3.00 bits per heavy atom. The van der Waals surface area contributed by atoms with E-state index in [9.17, 15) is 0 Å². The summed E-state index contributed by atoms with van der Waals surface area (Å²) in [5, 5.41) is 8.58. The van der Waals surface area contributed by atoms with Crippen LogP contribution >= 0.6 is 11.3 Å². The summed E-state index contributed by atoms with van der Waals surface area (Å²) in [5.74, 6) is 1.10. The number of nitrogens with one attached hydrogen (secondary N) is 1. The number of amidine groups is 1. The van der Waals surface area contributed by atoms with Crippen molar-refractivity contribution in [2.75, 3.05) is 38.7 Å². The number of rotatable bonds is 3. The minimum absolute atomic E-state index is 0.538. The molecule has 6 heteroatoms. The number of ether oxygens (including phenoxy) is 1. The molecule has 0 spiro atoms. The summed E-state index contributed by atoms with van der Waals surface area (Å²) in [6.07, 6.45) is 1.06. The van der Waals surface area contributed by atoms with Gasteiger partial charge in [0.25, 0.3) is 0 Å². The van der Waals surface area contributed by atoms with Crippen molar-refractivity contribution in [3.63, 3.8) is 0 Å². The van der Waals surface area contributed by atoms with E-state index in [1.54, 1.807) is 7.11 Å². The van der Waals surface area contributed by atoms with Crippen LogP contribution in [0, 0.1) is 0 Å². The molecule has 0 radical (unpaired) electrons. The van der Waals surface area contributed by atoms with Gasteiger partial charge in [0.05, 0.1) is 43.2 Å². The van der Waals surface area contributed by atoms with E-state index in [1.165, 1.54) is 20.7 Å². The molecule has 2 aliphatic rings. The van der Waals surface area contributed by atoms with Crippen LogP contribution in [0.5, 0.6) is 0 Å². The van der Waals surface area contributed by atoms with Crippen LogP contribution in [-0.4, -0.2) is 50.1 Å². The Morgan fingerprint density at radius 1 is 1.21 bits per heavy atom. The highest BCUT2D eigenvalue weighted by molar-refractivity contribution is 7.23. The molecule has 3 aromatic rings. The van der Waals surface area contributed by atoms with Gasteiger partial charge in [-0.1, -0.05) is 30.3 Å². The van der Waals surface area contributed by atoms with Crippen molar-refractivity contribution in [1.82, 2.24) is 4.90 Å². The monoisotopic (exact) mass is 393 g/mol. The number of methoxy groups -OCH3 is 1. The second-order valence-electron chi connectivity index (χ2n) is 7.39. The van der Waals surface area contributed by atoms with Gasteiger partial charge in [-0.05, 0) is 18.2 Å². The zero-order valence-electron chi connectivity index (χ0n) is 16.0. The predicted molar refractivity (Wildman–Crippen MR) is 116 cm³/mol. The van der Waals surface area contributed by atoms with Crippen molar-refractivity contribution in [3.8, 4) is 0 Å². The number of anilines is 2. The first-order valence-electron chi connectivity index (χ1n) is 9.87. The van der Waals surface area contributed by atoms with Crippen molar-refractivity contribution in [2.45, 2.75) is 12.5 Å². The molecule has 0 unspecified atom stereocenters. The Labute approximate surface area is 169 Å². The number of nitrogens with two attached hydrogens (primary N) is 1. The van der Waals surface area contributed by atoms with E-state index in [-0.39, 0.29) is 0 Å². The first kappa shape index (κ1) is 17.7. The van der Waals surface area contributed by atoms with E-state index < -0.39 is 0 Å². The summed E-state index contributed by atoms with van der Waals surface area (Å²) in [6, 6.07) is 17.5. The minimum atomic E-state index is 0.538. The summed E-state index contributed by atoms with van der Waals surface area (Å²) in [4.78, 5) is 7.66. The van der Waals surface area contributed by atoms with Crippen molar-refractivity contribution < 1.29 is 10.1 Å². The lowest BCUT2D eigenvalue weighted by Crippen LogP contribution is -2.95. The first-order valence-corrected chi connectivity index (χ1v) is 10.7. The number of benzene rings is 2. The van der Waals surface area contributed by atoms with E-state index in [0.29, 0.717) is 6.04 Å². The Balaban J connectivity index is 1.61. The number of aliphatic imine (C=N–C) groups is 1. The molecule has 3 N–H and O–H groups in total. The van der Waals surface area contributed by atoms with E-state index in [2.05, 4.69) is 64.1 Å². The van der Waals surface area contributed by atoms with Crippen LogP contribution in [0.15, 0.2) is 53.5 Å². The van der Waals surface area contributed by atoms with Gasteiger partial charge in [-0.25, -0.2) is 4.99 Å². The summed E-state index contributed by atoms with van der Waals surface area (Å²) in [7, 11) is 1.78. The fourth-order valence-electron chi connectivity index (χ4n) is 4.14. The van der Waals surface area contributed by atoms with Crippen LogP contribution in [0.4, 0.5) is 16.4 Å². The van der Waals surface area contributed by atoms with Crippen LogP contribution in [0.25, 0.3) is 10.1 Å². The quantitative estimate of drug-likeness (QED) is 0.718. The average molecular weight is 394 g/mol. The van der Waals surface area contributed by atoms with Gasteiger partial charge >= 0.3 is 0 Å². The highest BCUT2D eigenvalue weighted by atomic mass is 32.1. The SMILES string of the molecule is COCC[C@H]1CN(C2=Nc3ccccc3Nc3sc4ccccc4c32)CC[NH2+]1. The molecule has 5 nitrogen and oxygen atoms in total. The summed E-state index contributed by atoms with van der Waals surface area (Å²) in [6.45, 7) is 3.89. The second-order valence-corrected chi connectivity index (χ2v) is 8.44. The number of para-hydroxylation sites is 2. The molecule has 1 fully saturated rings. The zero-order valence-corrected chi connectivity index (χ0v) is 16.8. The van der Waals surface area contributed by atoms with E-state index >= 15 is 0 Å². The van der Waals surface area contributed by atoms with E-state index in [4.69, 9.17) is 9.73 Å². The smallest absolute Gasteiger partial charge is 0.140 e. The molecule has 144 valence electrons. The molecule has 0 amide bonds. The lowest BCUT2D eigenvalue weighted by atomic mass is 10.1. The molecule has 2 aliphatic heterocycles. The maximum absolute atomic E-state index is 5.32. The molecule has 1 aromatic heterocycles. The fraction of sp³-hybridized carbons (Fsp3) is 0.318. The topological polar surface area (TPSA) is 53.5 Å². The summed E-state index contributed by atoms with van der Waals surface area (Å²) in [5.41, 5.74) is 3.32. The van der Waals surface area contributed by atoms with Gasteiger partial charge in [-0.2, -0.15) is 0 Å². The van der Waals surface area contributed by atoms with Crippen molar-refractivity contribution in [3.05, 3.63) is 54.1 Å². The number of piperazine rings is 1.